The molecule has 4 aromatic rings. The van der Waals surface area contributed by atoms with Gasteiger partial charge in [-0.3, -0.25) is 15.0 Å². The number of nitrogens with zero attached hydrogens (tertiary/aromatic N) is 6. The molecule has 0 aliphatic carbocycles. The number of hydrogen-bond acceptors (Lipinski definition) is 11. The van der Waals surface area contributed by atoms with Gasteiger partial charge in [0.05, 0.1) is 49.0 Å². The average molecular weight is 650 g/mol. The van der Waals surface area contributed by atoms with Gasteiger partial charge in [-0.2, -0.15) is 15.1 Å². The normalized spacial score (nSPS) is 26.8. The number of anilines is 1. The maximum atomic E-state index is 17.1. The zero-order valence-electron chi connectivity index (χ0n) is 26.5. The van der Waals surface area contributed by atoms with E-state index in [0.717, 1.165) is 36.0 Å². The fourth-order valence-electron chi connectivity index (χ4n) is 7.88. The van der Waals surface area contributed by atoms with E-state index in [0.29, 0.717) is 61.1 Å². The van der Waals surface area contributed by atoms with Crippen molar-refractivity contribution in [3.05, 3.63) is 35.4 Å². The number of aromatic nitrogens is 5. The number of hydrogen-bond donors (Lipinski definition) is 1. The van der Waals surface area contributed by atoms with Crippen molar-refractivity contribution in [3.63, 3.8) is 0 Å². The summed E-state index contributed by atoms with van der Waals surface area (Å²) in [6, 6.07) is 1.95. The predicted octanol–water partition coefficient (Wildman–Crippen LogP) is 4.67. The molecule has 14 heteroatoms. The number of aromatic amines is 1. The van der Waals surface area contributed by atoms with Crippen molar-refractivity contribution in [2.75, 3.05) is 57.5 Å². The first-order chi connectivity index (χ1) is 22.7. The summed E-state index contributed by atoms with van der Waals surface area (Å²) in [6.07, 6.45) is 4.65. The monoisotopic (exact) mass is 649 g/mol. The van der Waals surface area contributed by atoms with Gasteiger partial charge in [0.15, 0.2) is 11.4 Å². The van der Waals surface area contributed by atoms with Crippen LogP contribution in [-0.4, -0.2) is 106 Å². The summed E-state index contributed by atoms with van der Waals surface area (Å²) in [5.74, 6) is -0.239. The minimum absolute atomic E-state index is 0.0154. The Morgan fingerprint density at radius 3 is 2.96 bits per heavy atom. The van der Waals surface area contributed by atoms with Crippen molar-refractivity contribution < 1.29 is 32.5 Å². The average Bonchev–Trinajstić information content (AvgIpc) is 3.69. The first-order valence-corrected chi connectivity index (χ1v) is 16.2. The summed E-state index contributed by atoms with van der Waals surface area (Å²) in [7, 11) is 0. The Balaban J connectivity index is 1.31. The van der Waals surface area contributed by atoms with E-state index in [4.69, 9.17) is 28.9 Å². The Morgan fingerprint density at radius 2 is 2.06 bits per heavy atom. The smallest absolute Gasteiger partial charge is 0.461 e. The number of carbonyl (C=O) groups excluding carboxylic acids is 1. The number of nitrogens with one attached hydrogen (secondary N) is 1. The van der Waals surface area contributed by atoms with Gasteiger partial charge in [-0.25, -0.2) is 13.6 Å². The second kappa shape index (κ2) is 11.5. The van der Waals surface area contributed by atoms with Crippen molar-refractivity contribution in [1.29, 1.82) is 0 Å². The van der Waals surface area contributed by atoms with E-state index in [-0.39, 0.29) is 43.6 Å². The molecule has 5 aliphatic heterocycles. The Labute approximate surface area is 269 Å². The zero-order chi connectivity index (χ0) is 32.3. The lowest BCUT2D eigenvalue weighted by atomic mass is 9.92. The summed E-state index contributed by atoms with van der Waals surface area (Å²) < 4.78 is 55.1. The molecule has 12 nitrogen and oxygen atoms in total. The third-order valence-electron chi connectivity index (χ3n) is 10.0. The van der Waals surface area contributed by atoms with Crippen LogP contribution < -0.4 is 9.64 Å². The molecule has 0 amide bonds. The van der Waals surface area contributed by atoms with Gasteiger partial charge in [0, 0.05) is 36.7 Å². The second-order valence-electron chi connectivity index (χ2n) is 13.5. The molecule has 3 fully saturated rings. The molecule has 248 valence electrons. The van der Waals surface area contributed by atoms with Crippen LogP contribution in [-0.2, 0) is 20.6 Å². The van der Waals surface area contributed by atoms with Crippen molar-refractivity contribution >= 4 is 33.8 Å². The highest BCUT2D eigenvalue weighted by Gasteiger charge is 2.49. The maximum Gasteiger partial charge on any atom is 0.508 e. The molecule has 3 saturated heterocycles. The molecular weight excluding hydrogens is 612 g/mol. The Bertz CT molecular complexity index is 1870. The lowest BCUT2D eigenvalue weighted by molar-refractivity contribution is -0.0575. The fourth-order valence-corrected chi connectivity index (χ4v) is 7.88. The van der Waals surface area contributed by atoms with Crippen LogP contribution in [0.15, 0.2) is 18.5 Å². The van der Waals surface area contributed by atoms with E-state index in [1.807, 2.05) is 17.9 Å². The number of alkyl halides is 1. The van der Waals surface area contributed by atoms with E-state index in [2.05, 4.69) is 20.1 Å². The van der Waals surface area contributed by atoms with E-state index in [1.165, 1.54) is 0 Å². The zero-order valence-corrected chi connectivity index (χ0v) is 26.5. The Morgan fingerprint density at radius 1 is 1.17 bits per heavy atom. The summed E-state index contributed by atoms with van der Waals surface area (Å²) in [4.78, 5) is 31.1. The first-order valence-electron chi connectivity index (χ1n) is 16.2. The highest BCUT2D eigenvalue weighted by atomic mass is 19.1. The van der Waals surface area contributed by atoms with Gasteiger partial charge < -0.3 is 23.8 Å². The number of H-pyrrole nitrogens is 1. The van der Waals surface area contributed by atoms with Crippen LogP contribution in [0.1, 0.15) is 43.7 Å². The number of rotatable bonds is 3. The summed E-state index contributed by atoms with van der Waals surface area (Å²) in [5, 5.41) is 8.31. The molecule has 9 rings (SSSR count). The quantitative estimate of drug-likeness (QED) is 0.311. The van der Waals surface area contributed by atoms with E-state index < -0.39 is 29.3 Å². The van der Waals surface area contributed by atoms with Gasteiger partial charge in [-0.15, -0.1) is 0 Å². The third-order valence-corrected chi connectivity index (χ3v) is 10.0. The number of carbonyl (C=O) groups is 1. The number of ether oxygens (including phenoxy) is 4. The van der Waals surface area contributed by atoms with Gasteiger partial charge in [0.2, 0.25) is 0 Å². The molecular formula is C33H37F2N7O5. The second-order valence-corrected chi connectivity index (χ2v) is 13.5. The largest absolute Gasteiger partial charge is 0.508 e. The molecule has 0 radical (unpaired) electrons. The highest BCUT2D eigenvalue weighted by Crippen LogP contribution is 2.42. The number of fused-ring (bicyclic) bond motifs is 8. The summed E-state index contributed by atoms with van der Waals surface area (Å²) in [5.41, 5.74) is 1.77. The van der Waals surface area contributed by atoms with Gasteiger partial charge >= 0.3 is 12.2 Å². The Hall–Kier alpha value is -4.17. The topological polar surface area (TPSA) is 128 Å². The number of benzene rings is 1. The van der Waals surface area contributed by atoms with Crippen LogP contribution in [0.5, 0.6) is 6.01 Å². The lowest BCUT2D eigenvalue weighted by Crippen LogP contribution is -2.46. The molecule has 0 unspecified atom stereocenters. The molecule has 0 saturated carbocycles. The van der Waals surface area contributed by atoms with Gasteiger partial charge in [-0.05, 0) is 63.3 Å². The van der Waals surface area contributed by atoms with Crippen LogP contribution >= 0.6 is 0 Å². The maximum absolute atomic E-state index is 17.1. The van der Waals surface area contributed by atoms with E-state index >= 15 is 4.39 Å². The van der Waals surface area contributed by atoms with Crippen molar-refractivity contribution in [3.8, 4) is 17.3 Å². The minimum Gasteiger partial charge on any atom is -0.461 e. The summed E-state index contributed by atoms with van der Waals surface area (Å²) >= 11 is 0. The number of pyridine rings is 1. The van der Waals surface area contributed by atoms with Gasteiger partial charge in [0.1, 0.15) is 29.8 Å². The van der Waals surface area contributed by atoms with Crippen LogP contribution in [0.4, 0.5) is 19.4 Å². The molecule has 47 heavy (non-hydrogen) atoms. The summed E-state index contributed by atoms with van der Waals surface area (Å²) in [6.45, 7) is 6.23. The van der Waals surface area contributed by atoms with Crippen LogP contribution in [0.3, 0.4) is 0 Å². The predicted molar refractivity (Wildman–Crippen MR) is 168 cm³/mol. The number of aryl methyl sites for hydroxylation is 1. The van der Waals surface area contributed by atoms with E-state index in [9.17, 15) is 9.18 Å². The molecule has 1 N–H and O–H groups in total. The first kappa shape index (κ1) is 30.2. The SMILES string of the molecule is Cc1cc2[nH]ncc2c2c1CCCOC(=O)O[C@]1(C)COCCN(C1)c1nc(OC[C@@]34CCCN3C[C@H](F)C4)nc3c(F)c-2ncc13. The molecule has 1 aromatic carbocycles. The molecule has 6 bridgehead atoms. The molecule has 3 atom stereocenters. The van der Waals surface area contributed by atoms with Crippen LogP contribution in [0.2, 0.25) is 0 Å². The molecule has 3 aromatic heterocycles. The highest BCUT2D eigenvalue weighted by molar-refractivity contribution is 5.99. The van der Waals surface area contributed by atoms with Gasteiger partial charge in [0.25, 0.3) is 0 Å². The molecule has 0 spiro atoms. The molecule has 5 aliphatic rings. The van der Waals surface area contributed by atoms with Crippen LogP contribution in [0.25, 0.3) is 33.1 Å². The van der Waals surface area contributed by atoms with Crippen molar-refractivity contribution in [1.82, 2.24) is 30.0 Å². The van der Waals surface area contributed by atoms with Crippen molar-refractivity contribution in [2.45, 2.75) is 63.3 Å². The number of halogens is 2. The minimum atomic E-state index is -1.09. The molecule has 8 heterocycles. The fraction of sp³-hybridized carbons (Fsp3) is 0.545. The third kappa shape index (κ3) is 5.31. The standard InChI is InChI=1S/C33H37F2N7O5/c1-19-11-24-22(14-37-40-24)25-21(19)5-3-9-45-31(43)47-32(2)16-41(8-10-44-17-32)29-23-13-36-28(25)26(35)27(23)38-30(39-29)46-18-33-6-4-7-42(33)15-20(34)12-33/h11,13-14,20H,3-10,12,15-18H2,1-2H3,(H,37,40)/t20-,32+,33+/m1/s1. The van der Waals surface area contributed by atoms with E-state index in [1.54, 1.807) is 19.3 Å². The van der Waals surface area contributed by atoms with Crippen LogP contribution in [0, 0.1) is 12.7 Å². The lowest BCUT2D eigenvalue weighted by Gasteiger charge is -2.33. The van der Waals surface area contributed by atoms with Crippen molar-refractivity contribution in [2.24, 2.45) is 0 Å². The van der Waals surface area contributed by atoms with Gasteiger partial charge in [-0.1, -0.05) is 0 Å². The Kier molecular flexibility index (Phi) is 7.39.